The fourth-order valence-electron chi connectivity index (χ4n) is 2.16. The van der Waals surface area contributed by atoms with Gasteiger partial charge in [0.2, 0.25) is 0 Å². The van der Waals surface area contributed by atoms with Crippen molar-refractivity contribution in [3.63, 3.8) is 0 Å². The van der Waals surface area contributed by atoms with Crippen LogP contribution in [0.25, 0.3) is 11.4 Å². The molecule has 0 amide bonds. The second-order valence-corrected chi connectivity index (χ2v) is 4.83. The fourth-order valence-corrected chi connectivity index (χ4v) is 2.42. The Bertz CT molecular complexity index is 695. The van der Waals surface area contributed by atoms with E-state index in [1.54, 1.807) is 4.57 Å². The van der Waals surface area contributed by atoms with E-state index in [2.05, 4.69) is 17.1 Å². The highest BCUT2D eigenvalue weighted by atomic mass is 32.1. The summed E-state index contributed by atoms with van der Waals surface area (Å²) in [7, 11) is 0. The van der Waals surface area contributed by atoms with Gasteiger partial charge in [-0.25, -0.2) is 0 Å². The predicted octanol–water partition coefficient (Wildman–Crippen LogP) is 2.51. The monoisotopic (exact) mass is 278 g/mol. The first kappa shape index (κ1) is 13.7. The summed E-state index contributed by atoms with van der Waals surface area (Å²) in [5.41, 5.74) is 1.55. The zero-order valence-corrected chi connectivity index (χ0v) is 12.3. The molecule has 0 unspecified atom stereocenters. The van der Waals surface area contributed by atoms with E-state index in [-0.39, 0.29) is 5.56 Å². The maximum Gasteiger partial charge on any atom is 0.261 e. The maximum absolute atomic E-state index is 12.5. The Kier molecular flexibility index (Phi) is 3.99. The third-order valence-electron chi connectivity index (χ3n) is 3.16. The van der Waals surface area contributed by atoms with Gasteiger partial charge in [0.25, 0.3) is 5.56 Å². The molecule has 0 aromatic carbocycles. The highest BCUT2D eigenvalue weighted by Gasteiger charge is 2.13. The third kappa shape index (κ3) is 2.40. The molecule has 0 bridgehead atoms. The van der Waals surface area contributed by atoms with Gasteiger partial charge in [-0.15, -0.1) is 0 Å². The minimum absolute atomic E-state index is 0.00875. The summed E-state index contributed by atoms with van der Waals surface area (Å²) >= 11 is 5.16. The SMILES string of the molecule is CCCn1c(C)ccc(-c2n[nH]c(=S)n2CC)c1=O. The Morgan fingerprint density at radius 2 is 2.05 bits per heavy atom. The molecule has 0 aliphatic heterocycles. The van der Waals surface area contributed by atoms with E-state index in [0.717, 1.165) is 18.7 Å². The number of nitrogens with one attached hydrogen (secondary N) is 1. The van der Waals surface area contributed by atoms with Gasteiger partial charge >= 0.3 is 0 Å². The molecule has 1 N–H and O–H groups in total. The van der Waals surface area contributed by atoms with E-state index in [1.165, 1.54) is 0 Å². The molecule has 0 spiro atoms. The number of aryl methyl sites for hydroxylation is 1. The zero-order chi connectivity index (χ0) is 14.0. The van der Waals surface area contributed by atoms with Gasteiger partial charge in [-0.1, -0.05) is 6.92 Å². The van der Waals surface area contributed by atoms with Crippen LogP contribution in [0.3, 0.4) is 0 Å². The van der Waals surface area contributed by atoms with Crippen molar-refractivity contribution in [1.82, 2.24) is 19.3 Å². The minimum atomic E-state index is -0.00875. The standard InChI is InChI=1S/C13H18N4OS/c1-4-8-17-9(3)6-7-10(12(17)18)11-14-15-13(19)16(11)5-2/h6-7H,4-5,8H2,1-3H3,(H,15,19). The van der Waals surface area contributed by atoms with Crippen LogP contribution in [0.2, 0.25) is 0 Å². The number of H-pyrrole nitrogens is 1. The van der Waals surface area contributed by atoms with Crippen LogP contribution >= 0.6 is 12.2 Å². The molecular formula is C13H18N4OS. The molecule has 0 atom stereocenters. The van der Waals surface area contributed by atoms with Crippen molar-refractivity contribution in [3.8, 4) is 11.4 Å². The van der Waals surface area contributed by atoms with Crippen LogP contribution in [-0.4, -0.2) is 19.3 Å². The molecule has 0 saturated carbocycles. The Hall–Kier alpha value is -1.69. The van der Waals surface area contributed by atoms with Crippen LogP contribution in [-0.2, 0) is 13.1 Å². The molecule has 2 aromatic heterocycles. The molecule has 2 aromatic rings. The molecule has 6 heteroatoms. The first-order valence-corrected chi connectivity index (χ1v) is 6.87. The second-order valence-electron chi connectivity index (χ2n) is 4.44. The quantitative estimate of drug-likeness (QED) is 0.874. The topological polar surface area (TPSA) is 55.6 Å². The minimum Gasteiger partial charge on any atom is -0.312 e. The van der Waals surface area contributed by atoms with Gasteiger partial charge in [0, 0.05) is 18.8 Å². The number of hydrogen-bond acceptors (Lipinski definition) is 3. The summed E-state index contributed by atoms with van der Waals surface area (Å²) in [6, 6.07) is 3.77. The summed E-state index contributed by atoms with van der Waals surface area (Å²) < 4.78 is 4.16. The van der Waals surface area contributed by atoms with Crippen LogP contribution in [0.1, 0.15) is 26.0 Å². The van der Waals surface area contributed by atoms with Gasteiger partial charge in [-0.3, -0.25) is 9.89 Å². The molecular weight excluding hydrogens is 260 g/mol. The van der Waals surface area contributed by atoms with Gasteiger partial charge in [-0.05, 0) is 44.6 Å². The molecule has 2 rings (SSSR count). The summed E-state index contributed by atoms with van der Waals surface area (Å²) in [6.07, 6.45) is 0.921. The molecule has 2 heterocycles. The van der Waals surface area contributed by atoms with Crippen molar-refractivity contribution in [3.05, 3.63) is 33.0 Å². The van der Waals surface area contributed by atoms with Crippen molar-refractivity contribution >= 4 is 12.2 Å². The van der Waals surface area contributed by atoms with E-state index >= 15 is 0 Å². The largest absolute Gasteiger partial charge is 0.312 e. The zero-order valence-electron chi connectivity index (χ0n) is 11.4. The van der Waals surface area contributed by atoms with Crippen molar-refractivity contribution in [2.45, 2.75) is 40.3 Å². The molecule has 102 valence electrons. The number of aromatic amines is 1. The van der Waals surface area contributed by atoms with Gasteiger partial charge in [-0.2, -0.15) is 5.10 Å². The van der Waals surface area contributed by atoms with Crippen LogP contribution in [0.5, 0.6) is 0 Å². The van der Waals surface area contributed by atoms with Crippen LogP contribution < -0.4 is 5.56 Å². The maximum atomic E-state index is 12.5. The molecule has 0 aliphatic rings. The van der Waals surface area contributed by atoms with Crippen LogP contribution in [0.15, 0.2) is 16.9 Å². The fraction of sp³-hybridized carbons (Fsp3) is 0.462. The number of pyridine rings is 1. The first-order valence-electron chi connectivity index (χ1n) is 6.46. The lowest BCUT2D eigenvalue weighted by Crippen LogP contribution is -2.24. The average molecular weight is 278 g/mol. The number of nitrogens with zero attached hydrogens (tertiary/aromatic N) is 3. The number of aromatic nitrogens is 4. The summed E-state index contributed by atoms with van der Waals surface area (Å²) in [6.45, 7) is 7.38. The third-order valence-corrected chi connectivity index (χ3v) is 3.47. The lowest BCUT2D eigenvalue weighted by molar-refractivity contribution is 0.635. The summed E-state index contributed by atoms with van der Waals surface area (Å²) in [5.74, 6) is 0.613. The van der Waals surface area contributed by atoms with Crippen molar-refractivity contribution < 1.29 is 0 Å². The smallest absolute Gasteiger partial charge is 0.261 e. The van der Waals surface area contributed by atoms with Crippen LogP contribution in [0.4, 0.5) is 0 Å². The highest BCUT2D eigenvalue weighted by Crippen LogP contribution is 2.14. The van der Waals surface area contributed by atoms with Gasteiger partial charge < -0.3 is 9.13 Å². The molecule has 0 radical (unpaired) electrons. The lowest BCUT2D eigenvalue weighted by atomic mass is 10.2. The molecule has 19 heavy (non-hydrogen) atoms. The summed E-state index contributed by atoms with van der Waals surface area (Å²) in [4.78, 5) is 12.5. The molecule has 0 fully saturated rings. The van der Waals surface area contributed by atoms with E-state index in [0.29, 0.717) is 22.7 Å². The molecule has 0 saturated heterocycles. The predicted molar refractivity (Wildman–Crippen MR) is 77.8 cm³/mol. The van der Waals surface area contributed by atoms with E-state index in [9.17, 15) is 4.79 Å². The van der Waals surface area contributed by atoms with Crippen LogP contribution in [0, 0.1) is 11.7 Å². The Labute approximate surface area is 116 Å². The Morgan fingerprint density at radius 3 is 2.68 bits per heavy atom. The van der Waals surface area contributed by atoms with E-state index in [1.807, 2.05) is 30.5 Å². The molecule has 5 nitrogen and oxygen atoms in total. The lowest BCUT2D eigenvalue weighted by Gasteiger charge is -2.11. The van der Waals surface area contributed by atoms with Gasteiger partial charge in [0.05, 0.1) is 5.56 Å². The molecule has 0 aliphatic carbocycles. The summed E-state index contributed by atoms with van der Waals surface area (Å²) in [5, 5.41) is 6.93. The second kappa shape index (κ2) is 5.52. The van der Waals surface area contributed by atoms with Crippen molar-refractivity contribution in [1.29, 1.82) is 0 Å². The first-order chi connectivity index (χ1) is 9.10. The van der Waals surface area contributed by atoms with Gasteiger partial charge in [0.15, 0.2) is 10.6 Å². The van der Waals surface area contributed by atoms with Crippen molar-refractivity contribution in [2.24, 2.45) is 0 Å². The number of rotatable bonds is 4. The Balaban J connectivity index is 2.67. The normalized spacial score (nSPS) is 10.9. The van der Waals surface area contributed by atoms with Crippen molar-refractivity contribution in [2.75, 3.05) is 0 Å². The van der Waals surface area contributed by atoms with E-state index < -0.39 is 0 Å². The Morgan fingerprint density at radius 1 is 1.32 bits per heavy atom. The average Bonchev–Trinajstić information content (AvgIpc) is 2.75. The van der Waals surface area contributed by atoms with E-state index in [4.69, 9.17) is 12.2 Å². The van der Waals surface area contributed by atoms with Gasteiger partial charge in [0.1, 0.15) is 0 Å². The number of hydrogen-bond donors (Lipinski definition) is 1. The highest BCUT2D eigenvalue weighted by molar-refractivity contribution is 7.71.